The van der Waals surface area contributed by atoms with E-state index in [1.165, 1.54) is 12.3 Å². The van der Waals surface area contributed by atoms with Gasteiger partial charge in [0.1, 0.15) is 6.20 Å². The van der Waals surface area contributed by atoms with Crippen LogP contribution in [-0.2, 0) is 19.6 Å². The van der Waals surface area contributed by atoms with Crippen molar-refractivity contribution in [3.8, 4) is 0 Å². The van der Waals surface area contributed by atoms with E-state index >= 15 is 0 Å². The first-order valence-corrected chi connectivity index (χ1v) is 7.82. The van der Waals surface area contributed by atoms with Crippen molar-refractivity contribution in [2.45, 2.75) is 19.6 Å². The Kier molecular flexibility index (Phi) is 5.38. The van der Waals surface area contributed by atoms with Crippen LogP contribution in [0, 0.1) is 10.1 Å². The van der Waals surface area contributed by atoms with Crippen molar-refractivity contribution in [1.29, 1.82) is 0 Å². The highest BCUT2D eigenvalue weighted by atomic mass is 16.6. The molecule has 0 fully saturated rings. The molecule has 3 heterocycles. The Balaban J connectivity index is 1.76. The molecule has 126 valence electrons. The summed E-state index contributed by atoms with van der Waals surface area (Å²) in [6.45, 7) is 1.82. The SMILES string of the molecule is O=[N+]([O-])c1ccc(CN(Cc2ccccn2)Cc2ccccn2)nc1. The molecule has 0 atom stereocenters. The summed E-state index contributed by atoms with van der Waals surface area (Å²) in [4.78, 5) is 25.4. The summed E-state index contributed by atoms with van der Waals surface area (Å²) in [7, 11) is 0. The summed E-state index contributed by atoms with van der Waals surface area (Å²) in [6, 6.07) is 14.7. The normalized spacial score (nSPS) is 10.8. The topological polar surface area (TPSA) is 85.0 Å². The maximum atomic E-state index is 10.8. The van der Waals surface area contributed by atoms with Crippen molar-refractivity contribution in [1.82, 2.24) is 19.9 Å². The first-order valence-electron chi connectivity index (χ1n) is 7.82. The predicted octanol–water partition coefficient (Wildman–Crippen LogP) is 2.98. The molecule has 3 aromatic rings. The second kappa shape index (κ2) is 8.07. The van der Waals surface area contributed by atoms with Crippen molar-refractivity contribution in [3.05, 3.63) is 94.3 Å². The highest BCUT2D eigenvalue weighted by Gasteiger charge is 2.12. The van der Waals surface area contributed by atoms with Gasteiger partial charge in [0.2, 0.25) is 0 Å². The summed E-state index contributed by atoms with van der Waals surface area (Å²) in [5, 5.41) is 10.8. The molecule has 0 saturated heterocycles. The molecule has 0 saturated carbocycles. The Hall–Kier alpha value is -3.19. The first kappa shape index (κ1) is 16.7. The smallest absolute Gasteiger partial charge is 0.286 e. The molecule has 7 heteroatoms. The fraction of sp³-hybridized carbons (Fsp3) is 0.167. The third kappa shape index (κ3) is 4.89. The zero-order valence-corrected chi connectivity index (χ0v) is 13.5. The van der Waals surface area contributed by atoms with Gasteiger partial charge in [-0.1, -0.05) is 12.1 Å². The lowest BCUT2D eigenvalue weighted by atomic mass is 10.2. The molecule has 0 N–H and O–H groups in total. The van der Waals surface area contributed by atoms with Crippen LogP contribution in [0.5, 0.6) is 0 Å². The Morgan fingerprint density at radius 3 is 1.76 bits per heavy atom. The van der Waals surface area contributed by atoms with Crippen LogP contribution in [0.4, 0.5) is 5.69 Å². The summed E-state index contributed by atoms with van der Waals surface area (Å²) >= 11 is 0. The van der Waals surface area contributed by atoms with Crippen LogP contribution < -0.4 is 0 Å². The highest BCUT2D eigenvalue weighted by molar-refractivity contribution is 5.26. The van der Waals surface area contributed by atoms with Gasteiger partial charge in [-0.05, 0) is 30.3 Å². The molecule has 0 aliphatic heterocycles. The molecule has 0 aliphatic rings. The van der Waals surface area contributed by atoms with E-state index in [0.717, 1.165) is 17.1 Å². The van der Waals surface area contributed by atoms with E-state index in [2.05, 4.69) is 19.9 Å². The lowest BCUT2D eigenvalue weighted by molar-refractivity contribution is -0.385. The van der Waals surface area contributed by atoms with E-state index in [4.69, 9.17) is 0 Å². The zero-order chi connectivity index (χ0) is 17.5. The van der Waals surface area contributed by atoms with Gasteiger partial charge >= 0.3 is 0 Å². The fourth-order valence-corrected chi connectivity index (χ4v) is 2.46. The molecule has 0 unspecified atom stereocenters. The van der Waals surface area contributed by atoms with Crippen LogP contribution in [0.2, 0.25) is 0 Å². The second-order valence-corrected chi connectivity index (χ2v) is 5.55. The number of nitro groups is 1. The van der Waals surface area contributed by atoms with Crippen molar-refractivity contribution >= 4 is 5.69 Å². The van der Waals surface area contributed by atoms with E-state index in [0.29, 0.717) is 19.6 Å². The van der Waals surface area contributed by atoms with Crippen LogP contribution in [0.15, 0.2) is 67.1 Å². The molecule has 7 nitrogen and oxygen atoms in total. The Bertz CT molecular complexity index is 768. The second-order valence-electron chi connectivity index (χ2n) is 5.55. The first-order chi connectivity index (χ1) is 12.2. The van der Waals surface area contributed by atoms with Crippen LogP contribution in [0.25, 0.3) is 0 Å². The van der Waals surface area contributed by atoms with E-state index in [1.54, 1.807) is 18.5 Å². The number of pyridine rings is 3. The standard InChI is InChI=1S/C18H17N5O2/c24-23(25)18-8-7-17(21-11-18)14-22(12-15-5-1-3-9-19-15)13-16-6-2-4-10-20-16/h1-11H,12-14H2. The van der Waals surface area contributed by atoms with E-state index < -0.39 is 4.92 Å². The predicted molar refractivity (Wildman–Crippen MR) is 92.3 cm³/mol. The van der Waals surface area contributed by atoms with Gasteiger partial charge in [-0.15, -0.1) is 0 Å². The number of nitrogens with zero attached hydrogens (tertiary/aromatic N) is 5. The number of aromatic nitrogens is 3. The van der Waals surface area contributed by atoms with Gasteiger partial charge in [0.25, 0.3) is 5.69 Å². The Morgan fingerprint density at radius 2 is 1.36 bits per heavy atom. The van der Waals surface area contributed by atoms with Gasteiger partial charge in [-0.3, -0.25) is 30.0 Å². The van der Waals surface area contributed by atoms with Crippen molar-refractivity contribution < 1.29 is 4.92 Å². The lowest BCUT2D eigenvalue weighted by Gasteiger charge is -2.21. The van der Waals surface area contributed by atoms with Crippen LogP contribution in [0.1, 0.15) is 17.1 Å². The fourth-order valence-electron chi connectivity index (χ4n) is 2.46. The minimum Gasteiger partial charge on any atom is -0.286 e. The van der Waals surface area contributed by atoms with Crippen molar-refractivity contribution in [3.63, 3.8) is 0 Å². The Labute approximate surface area is 145 Å². The zero-order valence-electron chi connectivity index (χ0n) is 13.5. The molecule has 3 rings (SSSR count). The van der Waals surface area contributed by atoms with E-state index in [9.17, 15) is 10.1 Å². The van der Waals surface area contributed by atoms with Crippen molar-refractivity contribution in [2.75, 3.05) is 0 Å². The van der Waals surface area contributed by atoms with Crippen LogP contribution in [0.3, 0.4) is 0 Å². The molecule has 0 spiro atoms. The molecule has 0 aromatic carbocycles. The molecule has 0 bridgehead atoms. The number of rotatable bonds is 7. The maximum absolute atomic E-state index is 10.8. The van der Waals surface area contributed by atoms with Crippen molar-refractivity contribution in [2.24, 2.45) is 0 Å². The average molecular weight is 335 g/mol. The van der Waals surface area contributed by atoms with Crippen LogP contribution in [-0.4, -0.2) is 24.8 Å². The van der Waals surface area contributed by atoms with Gasteiger partial charge < -0.3 is 0 Å². The van der Waals surface area contributed by atoms with E-state index in [-0.39, 0.29) is 5.69 Å². The summed E-state index contributed by atoms with van der Waals surface area (Å²) < 4.78 is 0. The largest absolute Gasteiger partial charge is 0.287 e. The number of hydrogen-bond donors (Lipinski definition) is 0. The van der Waals surface area contributed by atoms with Gasteiger partial charge in [-0.2, -0.15) is 0 Å². The summed E-state index contributed by atoms with van der Waals surface area (Å²) in [6.07, 6.45) is 4.81. The van der Waals surface area contributed by atoms with Gasteiger partial charge in [-0.25, -0.2) is 0 Å². The minimum atomic E-state index is -0.448. The summed E-state index contributed by atoms with van der Waals surface area (Å²) in [5.74, 6) is 0. The average Bonchev–Trinajstić information content (AvgIpc) is 2.64. The third-order valence-corrected chi connectivity index (χ3v) is 3.63. The molecule has 3 aromatic heterocycles. The molecule has 25 heavy (non-hydrogen) atoms. The van der Waals surface area contributed by atoms with Crippen LogP contribution >= 0.6 is 0 Å². The monoisotopic (exact) mass is 335 g/mol. The molecule has 0 aliphatic carbocycles. The third-order valence-electron chi connectivity index (χ3n) is 3.63. The van der Waals surface area contributed by atoms with Gasteiger partial charge in [0.15, 0.2) is 0 Å². The summed E-state index contributed by atoms with van der Waals surface area (Å²) in [5.41, 5.74) is 2.64. The molecular weight excluding hydrogens is 318 g/mol. The highest BCUT2D eigenvalue weighted by Crippen LogP contribution is 2.13. The van der Waals surface area contributed by atoms with E-state index in [1.807, 2.05) is 36.4 Å². The van der Waals surface area contributed by atoms with Gasteiger partial charge in [0.05, 0.1) is 22.0 Å². The maximum Gasteiger partial charge on any atom is 0.287 e. The molecular formula is C18H17N5O2. The molecule has 0 radical (unpaired) electrons. The minimum absolute atomic E-state index is 0.00949. The Morgan fingerprint density at radius 1 is 0.800 bits per heavy atom. The quantitative estimate of drug-likeness (QED) is 0.487. The number of hydrogen-bond acceptors (Lipinski definition) is 6. The molecule has 0 amide bonds. The van der Waals surface area contributed by atoms with Gasteiger partial charge in [0, 0.05) is 38.1 Å². The lowest BCUT2D eigenvalue weighted by Crippen LogP contribution is -2.24.